The molecule has 4 nitrogen and oxygen atoms in total. The van der Waals surface area contributed by atoms with Gasteiger partial charge in [0.05, 0.1) is 15.6 Å². The smallest absolute Gasteiger partial charge is 0.416 e. The zero-order chi connectivity index (χ0) is 25.9. The molecule has 190 valence electrons. The number of rotatable bonds is 9. The van der Waals surface area contributed by atoms with Gasteiger partial charge in [0.15, 0.2) is 12.4 Å². The van der Waals surface area contributed by atoms with Gasteiger partial charge < -0.3 is 14.6 Å². The summed E-state index contributed by atoms with van der Waals surface area (Å²) in [6, 6.07) is 12.0. The fourth-order valence-electron chi connectivity index (χ4n) is 3.99. The number of alkyl halides is 3. The van der Waals surface area contributed by atoms with Crippen molar-refractivity contribution in [2.75, 3.05) is 6.61 Å². The number of hydrogen-bond donors (Lipinski definition) is 1. The third kappa shape index (κ3) is 6.41. The van der Waals surface area contributed by atoms with E-state index in [1.54, 1.807) is 23.9 Å². The predicted molar refractivity (Wildman–Crippen MR) is 133 cm³/mol. The van der Waals surface area contributed by atoms with Crippen molar-refractivity contribution in [1.82, 2.24) is 0 Å². The van der Waals surface area contributed by atoms with Gasteiger partial charge in [-0.05, 0) is 77.9 Å². The molecule has 0 radical (unpaired) electrons. The molecule has 3 aromatic carbocycles. The van der Waals surface area contributed by atoms with Crippen LogP contribution in [0.3, 0.4) is 0 Å². The van der Waals surface area contributed by atoms with Gasteiger partial charge in [-0.15, -0.1) is 11.8 Å². The summed E-state index contributed by atoms with van der Waals surface area (Å²) in [6.07, 6.45) is -1.66. The minimum Gasteiger partial charge on any atom is -0.486 e. The Hall–Kier alpha value is -2.55. The first-order valence-corrected chi connectivity index (χ1v) is 12.7. The number of benzene rings is 3. The lowest BCUT2D eigenvalue weighted by Gasteiger charge is -2.14. The Morgan fingerprint density at radius 1 is 0.944 bits per heavy atom. The Kier molecular flexibility index (Phi) is 8.27. The fraction of sp³-hybridized carbons (Fsp3) is 0.269. The fourth-order valence-corrected chi connectivity index (χ4v) is 5.68. The van der Waals surface area contributed by atoms with Crippen LogP contribution in [0.4, 0.5) is 13.2 Å². The van der Waals surface area contributed by atoms with Crippen LogP contribution >= 0.6 is 35.0 Å². The molecule has 1 aliphatic rings. The van der Waals surface area contributed by atoms with E-state index < -0.39 is 17.7 Å². The van der Waals surface area contributed by atoms with Gasteiger partial charge in [0.25, 0.3) is 0 Å². The molecule has 0 saturated carbocycles. The van der Waals surface area contributed by atoms with Gasteiger partial charge in [-0.1, -0.05) is 35.3 Å². The SMILES string of the molecule is O=C(O)COc1ccc(SCc2cc(Cl)c(OCc3ccc(C(F)(F)F)cc3)c(Cl)c2)c2c1CCC2. The molecule has 10 heteroatoms. The lowest BCUT2D eigenvalue weighted by molar-refractivity contribution is -0.139. The molecule has 0 fully saturated rings. The molecular weight excluding hydrogens is 536 g/mol. The average Bonchev–Trinajstić information content (AvgIpc) is 3.31. The van der Waals surface area contributed by atoms with Crippen LogP contribution in [0.15, 0.2) is 53.4 Å². The van der Waals surface area contributed by atoms with Crippen LogP contribution < -0.4 is 9.47 Å². The van der Waals surface area contributed by atoms with Gasteiger partial charge >= 0.3 is 12.1 Å². The Bertz CT molecular complexity index is 1240. The number of hydrogen-bond acceptors (Lipinski definition) is 4. The summed E-state index contributed by atoms with van der Waals surface area (Å²) in [5.74, 6) is 0.476. The number of carboxylic acids is 1. The molecule has 3 aromatic rings. The molecule has 0 aromatic heterocycles. The Labute approximate surface area is 220 Å². The largest absolute Gasteiger partial charge is 0.486 e. The van der Waals surface area contributed by atoms with Crippen LogP contribution in [-0.4, -0.2) is 17.7 Å². The highest BCUT2D eigenvalue weighted by Crippen LogP contribution is 2.40. The quantitative estimate of drug-likeness (QED) is 0.272. The van der Waals surface area contributed by atoms with Crippen LogP contribution in [-0.2, 0) is 36.2 Å². The molecule has 0 aliphatic heterocycles. The monoisotopic (exact) mass is 556 g/mol. The maximum atomic E-state index is 12.7. The summed E-state index contributed by atoms with van der Waals surface area (Å²) in [7, 11) is 0. The summed E-state index contributed by atoms with van der Waals surface area (Å²) in [4.78, 5) is 11.9. The number of fused-ring (bicyclic) bond motifs is 1. The first-order valence-electron chi connectivity index (χ1n) is 11.0. The van der Waals surface area contributed by atoms with E-state index >= 15 is 0 Å². The van der Waals surface area contributed by atoms with Gasteiger partial charge in [0.2, 0.25) is 0 Å². The van der Waals surface area contributed by atoms with Crippen molar-refractivity contribution >= 4 is 40.9 Å². The lowest BCUT2D eigenvalue weighted by Crippen LogP contribution is -2.10. The zero-order valence-corrected chi connectivity index (χ0v) is 21.2. The third-order valence-electron chi connectivity index (χ3n) is 5.67. The zero-order valence-electron chi connectivity index (χ0n) is 18.8. The van der Waals surface area contributed by atoms with Crippen molar-refractivity contribution in [3.63, 3.8) is 0 Å². The number of carboxylic acid groups (broad SMARTS) is 1. The molecule has 0 amide bonds. The maximum absolute atomic E-state index is 12.7. The van der Waals surface area contributed by atoms with E-state index in [1.165, 1.54) is 17.7 Å². The molecule has 0 spiro atoms. The molecule has 0 atom stereocenters. The highest BCUT2D eigenvalue weighted by atomic mass is 35.5. The van der Waals surface area contributed by atoms with E-state index in [0.29, 0.717) is 27.1 Å². The van der Waals surface area contributed by atoms with Gasteiger partial charge in [-0.3, -0.25) is 0 Å². The number of halogens is 5. The van der Waals surface area contributed by atoms with Crippen molar-refractivity contribution in [2.45, 2.75) is 42.7 Å². The molecule has 4 rings (SSSR count). The van der Waals surface area contributed by atoms with E-state index in [1.807, 2.05) is 12.1 Å². The van der Waals surface area contributed by atoms with Crippen LogP contribution in [0.2, 0.25) is 10.0 Å². The van der Waals surface area contributed by atoms with Crippen LogP contribution in [0.1, 0.15) is 34.2 Å². The maximum Gasteiger partial charge on any atom is 0.416 e. The second-order valence-electron chi connectivity index (χ2n) is 8.22. The number of aliphatic carboxylic acids is 1. The Balaban J connectivity index is 1.41. The molecule has 0 bridgehead atoms. The highest BCUT2D eigenvalue weighted by Gasteiger charge is 2.30. The van der Waals surface area contributed by atoms with Crippen molar-refractivity contribution in [1.29, 1.82) is 0 Å². The topological polar surface area (TPSA) is 55.8 Å². The van der Waals surface area contributed by atoms with E-state index in [0.717, 1.165) is 47.4 Å². The number of thioether (sulfide) groups is 1. The standard InChI is InChI=1S/C26H21Cl2F3O4S/c27-20-10-16(11-21(28)25(20)35-12-15-4-6-17(7-5-15)26(29,30)31)14-36-23-9-8-22(34-13-24(32)33)18-2-1-3-19(18)23/h4-11H,1-3,12-14H2,(H,32,33). The summed E-state index contributed by atoms with van der Waals surface area (Å²) in [5, 5.41) is 9.51. The highest BCUT2D eigenvalue weighted by molar-refractivity contribution is 7.98. The first-order chi connectivity index (χ1) is 17.1. The lowest BCUT2D eigenvalue weighted by atomic mass is 10.1. The summed E-state index contributed by atoms with van der Waals surface area (Å²) < 4.78 is 49.3. The average molecular weight is 557 g/mol. The third-order valence-corrected chi connectivity index (χ3v) is 7.40. The van der Waals surface area contributed by atoms with Crippen LogP contribution in [0, 0.1) is 0 Å². The normalized spacial score (nSPS) is 12.9. The number of ether oxygens (including phenoxy) is 2. The van der Waals surface area contributed by atoms with Crippen molar-refractivity contribution in [2.24, 2.45) is 0 Å². The summed E-state index contributed by atoms with van der Waals surface area (Å²) in [5.41, 5.74) is 2.95. The van der Waals surface area contributed by atoms with E-state index in [9.17, 15) is 18.0 Å². The molecule has 1 aliphatic carbocycles. The van der Waals surface area contributed by atoms with Gasteiger partial charge in [-0.25, -0.2) is 4.79 Å². The molecular formula is C26H21Cl2F3O4S. The minimum absolute atomic E-state index is 0.0219. The Morgan fingerprint density at radius 2 is 1.61 bits per heavy atom. The first kappa shape index (κ1) is 26.5. The molecule has 36 heavy (non-hydrogen) atoms. The number of carbonyl (C=O) groups is 1. The van der Waals surface area contributed by atoms with Crippen molar-refractivity contribution in [3.05, 3.63) is 86.4 Å². The van der Waals surface area contributed by atoms with Gasteiger partial charge in [-0.2, -0.15) is 13.2 Å². The Morgan fingerprint density at radius 3 is 2.25 bits per heavy atom. The van der Waals surface area contributed by atoms with Crippen LogP contribution in [0.25, 0.3) is 0 Å². The molecule has 0 unspecified atom stereocenters. The van der Waals surface area contributed by atoms with E-state index in [4.69, 9.17) is 37.8 Å². The van der Waals surface area contributed by atoms with Gasteiger partial charge in [0.1, 0.15) is 12.4 Å². The summed E-state index contributed by atoms with van der Waals surface area (Å²) >= 11 is 14.4. The van der Waals surface area contributed by atoms with Crippen molar-refractivity contribution in [3.8, 4) is 11.5 Å². The summed E-state index contributed by atoms with van der Waals surface area (Å²) in [6.45, 7) is -0.350. The molecule has 0 heterocycles. The van der Waals surface area contributed by atoms with Crippen LogP contribution in [0.5, 0.6) is 11.5 Å². The molecule has 1 N–H and O–H groups in total. The van der Waals surface area contributed by atoms with E-state index in [2.05, 4.69) is 0 Å². The second-order valence-corrected chi connectivity index (χ2v) is 10.0. The van der Waals surface area contributed by atoms with Gasteiger partial charge in [0, 0.05) is 10.6 Å². The predicted octanol–water partition coefficient (Wildman–Crippen LogP) is 7.84. The molecule has 0 saturated heterocycles. The van der Waals surface area contributed by atoms with E-state index in [-0.39, 0.29) is 19.0 Å². The minimum atomic E-state index is -4.39. The second kappa shape index (κ2) is 11.2. The van der Waals surface area contributed by atoms with Crippen molar-refractivity contribution < 1.29 is 32.5 Å².